The van der Waals surface area contributed by atoms with Gasteiger partial charge in [-0.1, -0.05) is 37.3 Å². The fourth-order valence-corrected chi connectivity index (χ4v) is 2.76. The Bertz CT molecular complexity index is 603. The summed E-state index contributed by atoms with van der Waals surface area (Å²) in [7, 11) is 0. The normalized spacial score (nSPS) is 18.4. The van der Waals surface area contributed by atoms with Gasteiger partial charge < -0.3 is 10.5 Å². The molecular formula is C18H21NO. The summed E-state index contributed by atoms with van der Waals surface area (Å²) in [6.45, 7) is 4.22. The van der Waals surface area contributed by atoms with Crippen LogP contribution in [0.25, 0.3) is 11.1 Å². The van der Waals surface area contributed by atoms with Gasteiger partial charge in [0, 0.05) is 12.5 Å². The maximum absolute atomic E-state index is 6.06. The molecule has 0 saturated carbocycles. The van der Waals surface area contributed by atoms with E-state index in [0.29, 0.717) is 6.10 Å². The second-order valence-electron chi connectivity index (χ2n) is 5.59. The minimum Gasteiger partial charge on any atom is -0.490 e. The van der Waals surface area contributed by atoms with E-state index in [1.54, 1.807) is 0 Å². The zero-order valence-corrected chi connectivity index (χ0v) is 12.1. The Hall–Kier alpha value is -1.80. The summed E-state index contributed by atoms with van der Waals surface area (Å²) in [5, 5.41) is 0. The Morgan fingerprint density at radius 3 is 2.55 bits per heavy atom. The summed E-state index contributed by atoms with van der Waals surface area (Å²) >= 11 is 0. The van der Waals surface area contributed by atoms with Crippen molar-refractivity contribution in [3.63, 3.8) is 0 Å². The van der Waals surface area contributed by atoms with Crippen LogP contribution in [0.1, 0.15) is 37.4 Å². The molecule has 2 N–H and O–H groups in total. The summed E-state index contributed by atoms with van der Waals surface area (Å²) in [6, 6.07) is 15.2. The smallest absolute Gasteiger partial charge is 0.123 e. The number of fused-ring (bicyclic) bond motifs is 1. The van der Waals surface area contributed by atoms with E-state index in [2.05, 4.69) is 56.3 Å². The molecule has 2 aromatic carbocycles. The Morgan fingerprint density at radius 2 is 1.85 bits per heavy atom. The predicted molar refractivity (Wildman–Crippen MR) is 82.9 cm³/mol. The van der Waals surface area contributed by atoms with Gasteiger partial charge in [0.1, 0.15) is 11.9 Å². The van der Waals surface area contributed by atoms with Crippen LogP contribution in [0.3, 0.4) is 0 Å². The lowest BCUT2D eigenvalue weighted by molar-refractivity contribution is 0.254. The van der Waals surface area contributed by atoms with Gasteiger partial charge in [0.05, 0.1) is 0 Å². The first-order valence-corrected chi connectivity index (χ1v) is 7.33. The van der Waals surface area contributed by atoms with E-state index in [0.717, 1.165) is 18.6 Å². The number of hydrogen-bond donors (Lipinski definition) is 1. The van der Waals surface area contributed by atoms with Crippen LogP contribution < -0.4 is 10.5 Å². The highest BCUT2D eigenvalue weighted by atomic mass is 16.5. The van der Waals surface area contributed by atoms with Gasteiger partial charge in [-0.3, -0.25) is 0 Å². The Morgan fingerprint density at radius 1 is 1.15 bits per heavy atom. The number of hydrogen-bond acceptors (Lipinski definition) is 2. The lowest BCUT2D eigenvalue weighted by Crippen LogP contribution is -2.08. The fraction of sp³-hybridized carbons (Fsp3) is 0.333. The molecule has 0 saturated heterocycles. The highest BCUT2D eigenvalue weighted by Gasteiger charge is 2.19. The molecule has 1 aliphatic rings. The fourth-order valence-electron chi connectivity index (χ4n) is 2.76. The van der Waals surface area contributed by atoms with Crippen molar-refractivity contribution < 1.29 is 4.74 Å². The SMILES string of the molecule is CCC(N)c1ccc(-c2ccc3c(c2)CC(C)O3)cc1. The molecule has 2 heteroatoms. The Balaban J connectivity index is 1.88. The van der Waals surface area contributed by atoms with Crippen molar-refractivity contribution >= 4 is 0 Å². The monoisotopic (exact) mass is 267 g/mol. The summed E-state index contributed by atoms with van der Waals surface area (Å²) in [6.07, 6.45) is 2.26. The van der Waals surface area contributed by atoms with Crippen molar-refractivity contribution in [2.75, 3.05) is 0 Å². The van der Waals surface area contributed by atoms with Gasteiger partial charge in [0.15, 0.2) is 0 Å². The van der Waals surface area contributed by atoms with Crippen molar-refractivity contribution in [3.8, 4) is 16.9 Å². The second-order valence-corrected chi connectivity index (χ2v) is 5.59. The van der Waals surface area contributed by atoms with Crippen molar-refractivity contribution in [1.29, 1.82) is 0 Å². The van der Waals surface area contributed by atoms with E-state index in [9.17, 15) is 0 Å². The minimum absolute atomic E-state index is 0.137. The molecule has 0 aliphatic carbocycles. The maximum atomic E-state index is 6.06. The number of rotatable bonds is 3. The average molecular weight is 267 g/mol. The number of nitrogens with two attached hydrogens (primary N) is 1. The summed E-state index contributed by atoms with van der Waals surface area (Å²) in [4.78, 5) is 0. The van der Waals surface area contributed by atoms with Crippen LogP contribution in [0.5, 0.6) is 5.75 Å². The second kappa shape index (κ2) is 5.29. The first-order valence-electron chi connectivity index (χ1n) is 7.33. The van der Waals surface area contributed by atoms with Crippen LogP contribution in [0, 0.1) is 0 Å². The largest absolute Gasteiger partial charge is 0.490 e. The quantitative estimate of drug-likeness (QED) is 0.909. The van der Waals surface area contributed by atoms with Gasteiger partial charge in [-0.15, -0.1) is 0 Å². The van der Waals surface area contributed by atoms with Crippen LogP contribution >= 0.6 is 0 Å². The topological polar surface area (TPSA) is 35.2 Å². The molecule has 0 radical (unpaired) electrons. The molecule has 2 nitrogen and oxygen atoms in total. The number of ether oxygens (including phenoxy) is 1. The highest BCUT2D eigenvalue weighted by Crippen LogP contribution is 2.33. The number of benzene rings is 2. The molecule has 104 valence electrons. The zero-order valence-electron chi connectivity index (χ0n) is 12.1. The predicted octanol–water partition coefficient (Wildman–Crippen LogP) is 4.09. The van der Waals surface area contributed by atoms with Crippen molar-refractivity contribution in [2.24, 2.45) is 5.73 Å². The van der Waals surface area contributed by atoms with E-state index in [4.69, 9.17) is 10.5 Å². The first kappa shape index (κ1) is 13.2. The van der Waals surface area contributed by atoms with Gasteiger partial charge in [0.2, 0.25) is 0 Å². The molecule has 20 heavy (non-hydrogen) atoms. The molecular weight excluding hydrogens is 246 g/mol. The molecule has 0 fully saturated rings. The van der Waals surface area contributed by atoms with Crippen LogP contribution in [-0.4, -0.2) is 6.10 Å². The van der Waals surface area contributed by atoms with Gasteiger partial charge in [-0.2, -0.15) is 0 Å². The molecule has 0 aromatic heterocycles. The highest BCUT2D eigenvalue weighted by molar-refractivity contribution is 5.66. The van der Waals surface area contributed by atoms with Crippen LogP contribution in [-0.2, 0) is 6.42 Å². The van der Waals surface area contributed by atoms with Gasteiger partial charge in [-0.05, 0) is 47.7 Å². The summed E-state index contributed by atoms with van der Waals surface area (Å²) < 4.78 is 5.75. The lowest BCUT2D eigenvalue weighted by Gasteiger charge is -2.10. The van der Waals surface area contributed by atoms with Crippen molar-refractivity contribution in [1.82, 2.24) is 0 Å². The van der Waals surface area contributed by atoms with Crippen LogP contribution in [0.4, 0.5) is 0 Å². The average Bonchev–Trinajstić information content (AvgIpc) is 2.85. The van der Waals surface area contributed by atoms with Gasteiger partial charge in [-0.25, -0.2) is 0 Å². The molecule has 2 atom stereocenters. The molecule has 2 unspecified atom stereocenters. The Labute approximate surface area is 120 Å². The lowest BCUT2D eigenvalue weighted by atomic mass is 9.98. The third kappa shape index (κ3) is 2.44. The van der Waals surface area contributed by atoms with E-state index >= 15 is 0 Å². The maximum Gasteiger partial charge on any atom is 0.123 e. The molecule has 1 heterocycles. The standard InChI is InChI=1S/C18H21NO/c1-3-17(19)14-6-4-13(5-7-14)15-8-9-18-16(11-15)10-12(2)20-18/h4-9,11-12,17H,3,10,19H2,1-2H3. The zero-order chi connectivity index (χ0) is 14.1. The van der Waals surface area contributed by atoms with Crippen LogP contribution in [0.15, 0.2) is 42.5 Å². The molecule has 0 amide bonds. The molecule has 1 aliphatic heterocycles. The molecule has 3 rings (SSSR count). The third-order valence-electron chi connectivity index (χ3n) is 4.01. The summed E-state index contributed by atoms with van der Waals surface area (Å²) in [5.41, 5.74) is 11.1. The van der Waals surface area contributed by atoms with E-state index in [1.165, 1.54) is 22.3 Å². The van der Waals surface area contributed by atoms with Gasteiger partial charge in [0.25, 0.3) is 0 Å². The first-order chi connectivity index (χ1) is 9.67. The van der Waals surface area contributed by atoms with E-state index in [1.807, 2.05) is 0 Å². The minimum atomic E-state index is 0.137. The van der Waals surface area contributed by atoms with Gasteiger partial charge >= 0.3 is 0 Å². The molecule has 0 bridgehead atoms. The van der Waals surface area contributed by atoms with Crippen LogP contribution in [0.2, 0.25) is 0 Å². The Kier molecular flexibility index (Phi) is 3.49. The van der Waals surface area contributed by atoms with Crippen molar-refractivity contribution in [3.05, 3.63) is 53.6 Å². The van der Waals surface area contributed by atoms with E-state index < -0.39 is 0 Å². The van der Waals surface area contributed by atoms with E-state index in [-0.39, 0.29) is 6.04 Å². The summed E-state index contributed by atoms with van der Waals surface area (Å²) in [5.74, 6) is 1.03. The molecule has 2 aromatic rings. The molecule has 0 spiro atoms. The third-order valence-corrected chi connectivity index (χ3v) is 4.01. The van der Waals surface area contributed by atoms with Crippen molar-refractivity contribution in [2.45, 2.75) is 38.8 Å².